The van der Waals surface area contributed by atoms with Crippen molar-refractivity contribution in [2.45, 2.75) is 19.8 Å². The molecule has 0 radical (unpaired) electrons. The lowest BCUT2D eigenvalue weighted by atomic mass is 10.2. The fourth-order valence-corrected chi connectivity index (χ4v) is 2.16. The smallest absolute Gasteiger partial charge is 0.224 e. The maximum absolute atomic E-state index is 11.9. The van der Waals surface area contributed by atoms with Crippen molar-refractivity contribution in [1.82, 2.24) is 0 Å². The van der Waals surface area contributed by atoms with E-state index in [0.29, 0.717) is 35.9 Å². The van der Waals surface area contributed by atoms with E-state index in [1.54, 1.807) is 12.1 Å². The SMILES string of the molecule is Cc1c(Cl)cccc1NC(=O)CCCOc1ccccc1N. The summed E-state index contributed by atoms with van der Waals surface area (Å²) >= 11 is 6.02. The molecule has 0 saturated carbocycles. The molecule has 0 aliphatic carbocycles. The largest absolute Gasteiger partial charge is 0.491 e. The molecule has 0 heterocycles. The minimum atomic E-state index is -0.0602. The predicted molar refractivity (Wildman–Crippen MR) is 90.4 cm³/mol. The first-order valence-corrected chi connectivity index (χ1v) is 7.48. The first-order chi connectivity index (χ1) is 10.6. The van der Waals surface area contributed by atoms with Gasteiger partial charge in [-0.25, -0.2) is 0 Å². The van der Waals surface area contributed by atoms with Crippen molar-refractivity contribution in [1.29, 1.82) is 0 Å². The lowest BCUT2D eigenvalue weighted by Gasteiger charge is -2.10. The van der Waals surface area contributed by atoms with Gasteiger partial charge in [0.25, 0.3) is 0 Å². The number of nitrogens with one attached hydrogen (secondary N) is 1. The minimum Gasteiger partial charge on any atom is -0.491 e. The molecule has 22 heavy (non-hydrogen) atoms. The summed E-state index contributed by atoms with van der Waals surface area (Å²) in [5.41, 5.74) is 7.99. The Hall–Kier alpha value is -2.20. The Balaban J connectivity index is 1.76. The monoisotopic (exact) mass is 318 g/mol. The predicted octanol–water partition coefficient (Wildman–Crippen LogP) is 4.03. The Morgan fingerprint density at radius 2 is 2.00 bits per heavy atom. The number of para-hydroxylation sites is 2. The zero-order valence-electron chi connectivity index (χ0n) is 12.4. The van der Waals surface area contributed by atoms with E-state index >= 15 is 0 Å². The van der Waals surface area contributed by atoms with Crippen LogP contribution in [-0.2, 0) is 4.79 Å². The number of hydrogen-bond acceptors (Lipinski definition) is 3. The molecule has 116 valence electrons. The molecule has 0 bridgehead atoms. The number of rotatable bonds is 6. The quantitative estimate of drug-likeness (QED) is 0.624. The maximum atomic E-state index is 11.9. The Bertz CT molecular complexity index is 659. The normalized spacial score (nSPS) is 10.3. The number of carbonyl (C=O) groups is 1. The van der Waals surface area contributed by atoms with Crippen LogP contribution in [0.2, 0.25) is 5.02 Å². The van der Waals surface area contributed by atoms with Crippen LogP contribution in [0.5, 0.6) is 5.75 Å². The molecule has 0 spiro atoms. The molecule has 3 N–H and O–H groups in total. The maximum Gasteiger partial charge on any atom is 0.224 e. The number of hydrogen-bond donors (Lipinski definition) is 2. The van der Waals surface area contributed by atoms with E-state index < -0.39 is 0 Å². The van der Waals surface area contributed by atoms with Gasteiger partial charge in [-0.15, -0.1) is 0 Å². The second-order valence-electron chi connectivity index (χ2n) is 4.95. The molecule has 0 aliphatic heterocycles. The van der Waals surface area contributed by atoms with Gasteiger partial charge in [0, 0.05) is 17.1 Å². The van der Waals surface area contributed by atoms with Gasteiger partial charge in [-0.1, -0.05) is 29.8 Å². The Kier molecular flexibility index (Phi) is 5.67. The molecule has 2 rings (SSSR count). The molecule has 5 heteroatoms. The summed E-state index contributed by atoms with van der Waals surface area (Å²) in [7, 11) is 0. The van der Waals surface area contributed by atoms with Gasteiger partial charge in [0.1, 0.15) is 5.75 Å². The molecular formula is C17H19ClN2O2. The Morgan fingerprint density at radius 3 is 2.77 bits per heavy atom. The fourth-order valence-electron chi connectivity index (χ4n) is 1.98. The van der Waals surface area contributed by atoms with Crippen LogP contribution in [0.15, 0.2) is 42.5 Å². The molecule has 4 nitrogen and oxygen atoms in total. The van der Waals surface area contributed by atoms with Crippen LogP contribution < -0.4 is 15.8 Å². The Labute approximate surface area is 135 Å². The number of ether oxygens (including phenoxy) is 1. The molecular weight excluding hydrogens is 300 g/mol. The van der Waals surface area contributed by atoms with E-state index in [9.17, 15) is 4.79 Å². The molecule has 0 unspecified atom stereocenters. The van der Waals surface area contributed by atoms with Crippen LogP contribution in [0.1, 0.15) is 18.4 Å². The number of halogens is 1. The van der Waals surface area contributed by atoms with Gasteiger partial charge in [0.2, 0.25) is 5.91 Å². The summed E-state index contributed by atoms with van der Waals surface area (Å²) in [4.78, 5) is 11.9. The zero-order chi connectivity index (χ0) is 15.9. The highest BCUT2D eigenvalue weighted by atomic mass is 35.5. The number of amides is 1. The van der Waals surface area contributed by atoms with E-state index in [4.69, 9.17) is 22.1 Å². The summed E-state index contributed by atoms with van der Waals surface area (Å²) in [6.45, 7) is 2.31. The van der Waals surface area contributed by atoms with Crippen molar-refractivity contribution in [2.75, 3.05) is 17.7 Å². The zero-order valence-corrected chi connectivity index (χ0v) is 13.2. The van der Waals surface area contributed by atoms with E-state index in [1.165, 1.54) is 0 Å². The number of anilines is 2. The molecule has 0 atom stereocenters. The molecule has 0 fully saturated rings. The van der Waals surface area contributed by atoms with E-state index in [1.807, 2.05) is 37.3 Å². The van der Waals surface area contributed by atoms with Crippen LogP contribution in [-0.4, -0.2) is 12.5 Å². The van der Waals surface area contributed by atoms with Crippen molar-refractivity contribution in [3.05, 3.63) is 53.1 Å². The number of nitrogen functional groups attached to an aromatic ring is 1. The van der Waals surface area contributed by atoms with Crippen LogP contribution in [0, 0.1) is 6.92 Å². The van der Waals surface area contributed by atoms with Gasteiger partial charge < -0.3 is 15.8 Å². The highest BCUT2D eigenvalue weighted by Gasteiger charge is 2.07. The van der Waals surface area contributed by atoms with Crippen molar-refractivity contribution in [2.24, 2.45) is 0 Å². The molecule has 2 aromatic carbocycles. The van der Waals surface area contributed by atoms with Crippen molar-refractivity contribution < 1.29 is 9.53 Å². The average Bonchev–Trinajstić information content (AvgIpc) is 2.50. The second kappa shape index (κ2) is 7.71. The van der Waals surface area contributed by atoms with Gasteiger partial charge in [-0.05, 0) is 43.2 Å². The third-order valence-corrected chi connectivity index (χ3v) is 3.68. The van der Waals surface area contributed by atoms with E-state index in [2.05, 4.69) is 5.32 Å². The lowest BCUT2D eigenvalue weighted by Crippen LogP contribution is -2.13. The third-order valence-electron chi connectivity index (χ3n) is 3.27. The lowest BCUT2D eigenvalue weighted by molar-refractivity contribution is -0.116. The van der Waals surface area contributed by atoms with Gasteiger partial charge in [-0.3, -0.25) is 4.79 Å². The van der Waals surface area contributed by atoms with Crippen LogP contribution in [0.4, 0.5) is 11.4 Å². The summed E-state index contributed by atoms with van der Waals surface area (Å²) in [6.07, 6.45) is 0.985. The van der Waals surface area contributed by atoms with E-state index in [-0.39, 0.29) is 5.91 Å². The number of benzene rings is 2. The summed E-state index contributed by atoms with van der Waals surface area (Å²) in [5, 5.41) is 3.50. The highest BCUT2D eigenvalue weighted by Crippen LogP contribution is 2.23. The van der Waals surface area contributed by atoms with Gasteiger partial charge >= 0.3 is 0 Å². The highest BCUT2D eigenvalue weighted by molar-refractivity contribution is 6.31. The van der Waals surface area contributed by atoms with Crippen molar-refractivity contribution in [3.63, 3.8) is 0 Å². The number of carbonyl (C=O) groups excluding carboxylic acids is 1. The third kappa shape index (κ3) is 4.40. The van der Waals surface area contributed by atoms with Gasteiger partial charge in [-0.2, -0.15) is 0 Å². The first kappa shape index (κ1) is 16.2. The first-order valence-electron chi connectivity index (χ1n) is 7.10. The summed E-state index contributed by atoms with van der Waals surface area (Å²) in [5.74, 6) is 0.587. The minimum absolute atomic E-state index is 0.0602. The molecule has 2 aromatic rings. The number of nitrogens with two attached hydrogens (primary N) is 1. The van der Waals surface area contributed by atoms with Crippen molar-refractivity contribution in [3.8, 4) is 5.75 Å². The van der Waals surface area contributed by atoms with Crippen LogP contribution in [0.25, 0.3) is 0 Å². The summed E-state index contributed by atoms with van der Waals surface area (Å²) in [6, 6.07) is 12.7. The topological polar surface area (TPSA) is 64.3 Å². The average molecular weight is 319 g/mol. The Morgan fingerprint density at radius 1 is 1.23 bits per heavy atom. The van der Waals surface area contributed by atoms with Gasteiger partial charge in [0.15, 0.2) is 0 Å². The summed E-state index contributed by atoms with van der Waals surface area (Å²) < 4.78 is 5.55. The van der Waals surface area contributed by atoms with Gasteiger partial charge in [0.05, 0.1) is 12.3 Å². The second-order valence-corrected chi connectivity index (χ2v) is 5.36. The van der Waals surface area contributed by atoms with E-state index in [0.717, 1.165) is 11.3 Å². The van der Waals surface area contributed by atoms with Crippen molar-refractivity contribution >= 4 is 28.9 Å². The fraction of sp³-hybridized carbons (Fsp3) is 0.235. The molecule has 0 aromatic heterocycles. The molecule has 0 saturated heterocycles. The van der Waals surface area contributed by atoms with Crippen LogP contribution in [0.3, 0.4) is 0 Å². The molecule has 1 amide bonds. The standard InChI is InChI=1S/C17H19ClN2O2/c1-12-13(18)6-4-8-15(12)20-17(21)10-5-11-22-16-9-3-2-7-14(16)19/h2-4,6-9H,5,10-11,19H2,1H3,(H,20,21). The van der Waals surface area contributed by atoms with Crippen LogP contribution >= 0.6 is 11.6 Å². The molecule has 0 aliphatic rings.